The summed E-state index contributed by atoms with van der Waals surface area (Å²) < 4.78 is 27.9. The van der Waals surface area contributed by atoms with Crippen LogP contribution in [0.3, 0.4) is 0 Å². The van der Waals surface area contributed by atoms with E-state index in [-0.39, 0.29) is 24.6 Å². The van der Waals surface area contributed by atoms with Gasteiger partial charge >= 0.3 is 5.97 Å². The van der Waals surface area contributed by atoms with Gasteiger partial charge in [-0.15, -0.1) is 0 Å². The molecule has 2 heterocycles. The molecule has 3 aromatic rings. The van der Waals surface area contributed by atoms with Crippen molar-refractivity contribution in [3.8, 4) is 28.7 Å². The number of Topliss-reactive ketones (excluding diaryl/α,β-unsaturated/α-hetero) is 1. The average Bonchev–Trinajstić information content (AvgIpc) is 3.21. The van der Waals surface area contributed by atoms with Gasteiger partial charge in [0, 0.05) is 17.0 Å². The van der Waals surface area contributed by atoms with Crippen LogP contribution in [-0.4, -0.2) is 38.5 Å². The summed E-state index contributed by atoms with van der Waals surface area (Å²) in [4.78, 5) is 36.9. The second-order valence-corrected chi connectivity index (χ2v) is 8.43. The highest BCUT2D eigenvalue weighted by Crippen LogP contribution is 2.49. The number of primary amides is 1. The van der Waals surface area contributed by atoms with E-state index in [2.05, 4.69) is 0 Å². The fraction of sp³-hybridized carbons (Fsp3) is 0.179. The van der Waals surface area contributed by atoms with Crippen molar-refractivity contribution in [1.29, 1.82) is 0 Å². The lowest BCUT2D eigenvalue weighted by atomic mass is 9.84. The molecule has 0 bridgehead atoms. The van der Waals surface area contributed by atoms with Gasteiger partial charge in [0.15, 0.2) is 23.9 Å². The van der Waals surface area contributed by atoms with E-state index in [0.29, 0.717) is 45.4 Å². The molecule has 5 rings (SSSR count). The molecule has 0 fully saturated rings. The van der Waals surface area contributed by atoms with Gasteiger partial charge in [0.1, 0.15) is 17.2 Å². The Balaban J connectivity index is 1.56. The van der Waals surface area contributed by atoms with Gasteiger partial charge in [-0.05, 0) is 42.0 Å². The largest absolute Gasteiger partial charge is 0.493 e. The van der Waals surface area contributed by atoms with Crippen molar-refractivity contribution in [2.75, 3.05) is 20.8 Å². The Morgan fingerprint density at radius 2 is 1.86 bits per heavy atom. The van der Waals surface area contributed by atoms with Crippen LogP contribution < -0.4 is 29.4 Å². The third-order valence-electron chi connectivity index (χ3n) is 6.14. The van der Waals surface area contributed by atoms with E-state index in [4.69, 9.17) is 29.4 Å². The first-order valence-corrected chi connectivity index (χ1v) is 11.4. The molecule has 0 aromatic heterocycles. The first-order valence-electron chi connectivity index (χ1n) is 11.4. The molecule has 9 heteroatoms. The third-order valence-corrected chi connectivity index (χ3v) is 6.14. The van der Waals surface area contributed by atoms with Crippen LogP contribution in [0.25, 0.3) is 6.08 Å². The minimum Gasteiger partial charge on any atom is -0.493 e. The highest BCUT2D eigenvalue weighted by atomic mass is 16.5. The van der Waals surface area contributed by atoms with Gasteiger partial charge in [-0.25, -0.2) is 0 Å². The summed E-state index contributed by atoms with van der Waals surface area (Å²) in [7, 11) is 3.05. The molecule has 0 saturated heterocycles. The smallest absolute Gasteiger partial charge is 0.312 e. The molecule has 0 aliphatic carbocycles. The fourth-order valence-electron chi connectivity index (χ4n) is 4.53. The predicted molar refractivity (Wildman–Crippen MR) is 132 cm³/mol. The van der Waals surface area contributed by atoms with Crippen molar-refractivity contribution in [3.05, 3.63) is 82.6 Å². The molecule has 3 aromatic carbocycles. The van der Waals surface area contributed by atoms with Gasteiger partial charge in [-0.3, -0.25) is 14.4 Å². The molecule has 0 unspecified atom stereocenters. The minimum atomic E-state index is -0.603. The van der Waals surface area contributed by atoms with Crippen molar-refractivity contribution in [3.63, 3.8) is 0 Å². The number of carbonyl (C=O) groups is 3. The van der Waals surface area contributed by atoms with Crippen LogP contribution in [0, 0.1) is 0 Å². The molecule has 0 saturated carbocycles. The molecular weight excluding hydrogens is 478 g/mol. The van der Waals surface area contributed by atoms with Gasteiger partial charge in [-0.2, -0.15) is 0 Å². The number of benzene rings is 3. The highest BCUT2D eigenvalue weighted by Gasteiger charge is 2.38. The Hall–Kier alpha value is -4.79. The number of carbonyl (C=O) groups excluding carboxylic acids is 3. The van der Waals surface area contributed by atoms with Gasteiger partial charge in [0.2, 0.25) is 5.78 Å². The molecule has 2 aliphatic heterocycles. The van der Waals surface area contributed by atoms with Crippen LogP contribution in [0.15, 0.2) is 60.4 Å². The average molecular weight is 501 g/mol. The quantitative estimate of drug-likeness (QED) is 0.296. The molecule has 1 amide bonds. The number of ether oxygens (including phenoxy) is 5. The lowest BCUT2D eigenvalue weighted by Crippen LogP contribution is -2.22. The zero-order chi connectivity index (χ0) is 26.1. The number of hydrogen-bond acceptors (Lipinski definition) is 8. The number of fused-ring (bicyclic) bond motifs is 3. The summed E-state index contributed by atoms with van der Waals surface area (Å²) >= 11 is 0. The number of para-hydroxylation sites is 1. The monoisotopic (exact) mass is 501 g/mol. The van der Waals surface area contributed by atoms with E-state index < -0.39 is 17.8 Å². The lowest BCUT2D eigenvalue weighted by molar-refractivity contribution is -0.135. The molecule has 9 nitrogen and oxygen atoms in total. The summed E-state index contributed by atoms with van der Waals surface area (Å²) in [5, 5.41) is 0. The van der Waals surface area contributed by atoms with Crippen LogP contribution in [0.1, 0.15) is 39.4 Å². The summed E-state index contributed by atoms with van der Waals surface area (Å²) in [5.74, 6) is 0.354. The Bertz CT molecular complexity index is 1460. The van der Waals surface area contributed by atoms with Crippen molar-refractivity contribution < 1.29 is 38.1 Å². The summed E-state index contributed by atoms with van der Waals surface area (Å²) in [6.07, 6.45) is 1.63. The van der Waals surface area contributed by atoms with Gasteiger partial charge in [0.05, 0.1) is 26.2 Å². The minimum absolute atomic E-state index is 0.0308. The number of ketones is 1. The molecule has 188 valence electrons. The molecule has 1 atom stereocenters. The number of amides is 1. The summed E-state index contributed by atoms with van der Waals surface area (Å²) in [6.45, 7) is -0.276. The molecule has 37 heavy (non-hydrogen) atoms. The highest BCUT2D eigenvalue weighted by molar-refractivity contribution is 6.15. The second kappa shape index (κ2) is 9.69. The Morgan fingerprint density at radius 3 is 2.62 bits per heavy atom. The lowest BCUT2D eigenvalue weighted by Gasteiger charge is -2.26. The Labute approximate surface area is 212 Å². The van der Waals surface area contributed by atoms with Crippen LogP contribution >= 0.6 is 0 Å². The standard InChI is InChI=1S/C28H23NO8/c1-33-21-8-4-6-16(27(21)34-2)12-22-26(32)18-9-10-20-25(28(18)37-22)19(13-24(31)36-20)15-5-3-7-17(11-15)35-14-23(29)30/h3-12,19H,13-14H2,1-2H3,(H2,29,30)/b22-12-/t19-/m1/s1. The van der Waals surface area contributed by atoms with E-state index in [1.165, 1.54) is 14.2 Å². The third kappa shape index (κ3) is 4.47. The number of nitrogens with two attached hydrogens (primary N) is 1. The van der Waals surface area contributed by atoms with Crippen LogP contribution in [-0.2, 0) is 9.59 Å². The van der Waals surface area contributed by atoms with E-state index in [1.807, 2.05) is 6.07 Å². The maximum absolute atomic E-state index is 13.3. The van der Waals surface area contributed by atoms with Gasteiger partial charge < -0.3 is 29.4 Å². The maximum atomic E-state index is 13.3. The number of esters is 1. The number of allylic oxidation sites excluding steroid dienone is 1. The molecular formula is C28H23NO8. The first-order chi connectivity index (χ1) is 17.9. The van der Waals surface area contributed by atoms with Crippen LogP contribution in [0.2, 0.25) is 0 Å². The zero-order valence-corrected chi connectivity index (χ0v) is 20.1. The SMILES string of the molecule is COc1cccc(/C=C2\Oc3c(ccc4c3[C@@H](c3cccc(OCC(N)=O)c3)CC(=O)O4)C2=O)c1OC. The van der Waals surface area contributed by atoms with E-state index in [9.17, 15) is 14.4 Å². The topological polar surface area (TPSA) is 123 Å². The first kappa shape index (κ1) is 23.9. The second-order valence-electron chi connectivity index (χ2n) is 8.43. The van der Waals surface area contributed by atoms with Crippen molar-refractivity contribution in [2.24, 2.45) is 5.73 Å². The Morgan fingerprint density at radius 1 is 1.05 bits per heavy atom. The van der Waals surface area contributed by atoms with Crippen LogP contribution in [0.5, 0.6) is 28.7 Å². The molecule has 0 spiro atoms. The van der Waals surface area contributed by atoms with Crippen molar-refractivity contribution in [1.82, 2.24) is 0 Å². The van der Waals surface area contributed by atoms with Gasteiger partial charge in [-0.1, -0.05) is 24.3 Å². The van der Waals surface area contributed by atoms with Crippen molar-refractivity contribution in [2.45, 2.75) is 12.3 Å². The molecule has 2 aliphatic rings. The number of rotatable bonds is 7. The van der Waals surface area contributed by atoms with E-state index in [1.54, 1.807) is 54.6 Å². The van der Waals surface area contributed by atoms with E-state index in [0.717, 1.165) is 5.56 Å². The number of hydrogen-bond donors (Lipinski definition) is 1. The summed E-state index contributed by atoms with van der Waals surface area (Å²) in [5.41, 5.74) is 7.46. The molecule has 2 N–H and O–H groups in total. The Kier molecular flexibility index (Phi) is 6.27. The van der Waals surface area contributed by atoms with Gasteiger partial charge in [0.25, 0.3) is 5.91 Å². The fourth-order valence-corrected chi connectivity index (χ4v) is 4.53. The van der Waals surface area contributed by atoms with E-state index >= 15 is 0 Å². The maximum Gasteiger partial charge on any atom is 0.312 e. The zero-order valence-electron chi connectivity index (χ0n) is 20.1. The van der Waals surface area contributed by atoms with Crippen molar-refractivity contribution >= 4 is 23.7 Å². The summed E-state index contributed by atoms with van der Waals surface area (Å²) in [6, 6.07) is 15.5. The molecule has 0 radical (unpaired) electrons. The number of methoxy groups -OCH3 is 2. The van der Waals surface area contributed by atoms with Crippen LogP contribution in [0.4, 0.5) is 0 Å². The predicted octanol–water partition coefficient (Wildman–Crippen LogP) is 3.63. The normalized spacial score (nSPS) is 16.9.